The van der Waals surface area contributed by atoms with Crippen LogP contribution in [0.15, 0.2) is 58.0 Å². The van der Waals surface area contributed by atoms with Crippen LogP contribution in [0.3, 0.4) is 0 Å². The minimum Gasteiger partial charge on any atom is -0.394 e. The van der Waals surface area contributed by atoms with Crippen LogP contribution < -0.4 is 5.32 Å². The fourth-order valence-corrected chi connectivity index (χ4v) is 5.70. The topological polar surface area (TPSA) is 70.9 Å². The van der Waals surface area contributed by atoms with E-state index in [1.54, 1.807) is 36.4 Å². The summed E-state index contributed by atoms with van der Waals surface area (Å²) in [6.45, 7) is 2.07. The molecule has 1 saturated heterocycles. The number of hydrogen-bond acceptors (Lipinski definition) is 5. The molecular formula is C22H22BrFN2O3S. The van der Waals surface area contributed by atoms with Crippen LogP contribution >= 0.6 is 27.7 Å². The van der Waals surface area contributed by atoms with Gasteiger partial charge in [0, 0.05) is 26.8 Å². The molecule has 158 valence electrons. The highest BCUT2D eigenvalue weighted by Crippen LogP contribution is 2.55. The van der Waals surface area contributed by atoms with Gasteiger partial charge in [0.2, 0.25) is 0 Å². The van der Waals surface area contributed by atoms with Crippen molar-refractivity contribution in [2.45, 2.75) is 25.0 Å². The summed E-state index contributed by atoms with van der Waals surface area (Å²) >= 11 is 4.87. The number of carbonyl (C=O) groups excluding carboxylic acids is 1. The van der Waals surface area contributed by atoms with Crippen molar-refractivity contribution in [3.63, 3.8) is 0 Å². The summed E-state index contributed by atoms with van der Waals surface area (Å²) in [5.41, 5.74) is -0.539. The Morgan fingerprint density at radius 2 is 2.13 bits per heavy atom. The second kappa shape index (κ2) is 8.42. The Labute approximate surface area is 187 Å². The van der Waals surface area contributed by atoms with E-state index in [4.69, 9.17) is 9.73 Å². The number of aliphatic hydroxyl groups is 1. The number of benzene rings is 2. The van der Waals surface area contributed by atoms with E-state index in [0.29, 0.717) is 28.5 Å². The highest BCUT2D eigenvalue weighted by atomic mass is 79.9. The van der Waals surface area contributed by atoms with E-state index >= 15 is 4.39 Å². The zero-order chi connectivity index (χ0) is 21.4. The quantitative estimate of drug-likeness (QED) is 0.676. The van der Waals surface area contributed by atoms with Gasteiger partial charge in [0.25, 0.3) is 5.91 Å². The van der Waals surface area contributed by atoms with E-state index in [1.807, 2.05) is 13.0 Å². The number of thioether (sulfide) groups is 1. The van der Waals surface area contributed by atoms with Crippen LogP contribution in [0.5, 0.6) is 0 Å². The Hall–Kier alpha value is -1.74. The van der Waals surface area contributed by atoms with Gasteiger partial charge in [0.15, 0.2) is 5.17 Å². The predicted octanol–water partition coefficient (Wildman–Crippen LogP) is 4.10. The lowest BCUT2D eigenvalue weighted by Crippen LogP contribution is -2.58. The number of nitrogens with zero attached hydrogens (tertiary/aromatic N) is 1. The molecule has 0 aliphatic carbocycles. The predicted molar refractivity (Wildman–Crippen MR) is 119 cm³/mol. The highest BCUT2D eigenvalue weighted by molar-refractivity contribution is 9.10. The Balaban J connectivity index is 1.77. The molecule has 30 heavy (non-hydrogen) atoms. The molecule has 1 amide bonds. The number of aliphatic imine (C=N–C) groups is 1. The van der Waals surface area contributed by atoms with Gasteiger partial charge in [-0.2, -0.15) is 0 Å². The van der Waals surface area contributed by atoms with Crippen LogP contribution in [0.2, 0.25) is 0 Å². The number of halogens is 2. The monoisotopic (exact) mass is 492 g/mol. The Kier molecular flexibility index (Phi) is 6.03. The first-order valence-corrected chi connectivity index (χ1v) is 11.4. The standard InChI is InChI=1S/C22H22BrFN2O3S/c1-21-10-16(11-27)29-12-22(21,17-9-15(23)7-8-18(17)24)26-20(30-13-21)25-19(28)14-5-3-2-4-6-14/h2-9,16,27H,10-13H2,1H3,(H,25,26,28)/t16-,21+,22-/m1/s1. The number of aliphatic hydroxyl groups excluding tert-OH is 1. The molecule has 0 radical (unpaired) electrons. The molecule has 0 unspecified atom stereocenters. The third-order valence-corrected chi connectivity index (χ3v) is 7.60. The molecule has 2 N–H and O–H groups in total. The number of carbonyl (C=O) groups is 1. The van der Waals surface area contributed by atoms with Gasteiger partial charge in [-0.25, -0.2) is 9.38 Å². The van der Waals surface area contributed by atoms with Crippen LogP contribution in [0.4, 0.5) is 4.39 Å². The molecule has 2 heterocycles. The molecule has 0 saturated carbocycles. The van der Waals surface area contributed by atoms with Gasteiger partial charge in [-0.1, -0.05) is 52.8 Å². The summed E-state index contributed by atoms with van der Waals surface area (Å²) < 4.78 is 21.7. The maximum Gasteiger partial charge on any atom is 0.257 e. The molecule has 3 atom stereocenters. The lowest BCUT2D eigenvalue weighted by Gasteiger charge is -2.53. The molecule has 1 fully saturated rings. The minimum atomic E-state index is -1.02. The first kappa shape index (κ1) is 21.5. The third kappa shape index (κ3) is 3.82. The molecular weight excluding hydrogens is 471 g/mol. The molecule has 2 aliphatic rings. The number of fused-ring (bicyclic) bond motifs is 1. The lowest BCUT2D eigenvalue weighted by atomic mass is 9.64. The van der Waals surface area contributed by atoms with Crippen LogP contribution in [-0.2, 0) is 10.3 Å². The van der Waals surface area contributed by atoms with Gasteiger partial charge in [-0.3, -0.25) is 4.79 Å². The zero-order valence-electron chi connectivity index (χ0n) is 16.4. The molecule has 0 aromatic heterocycles. The molecule has 8 heteroatoms. The average Bonchev–Trinajstić information content (AvgIpc) is 2.75. The largest absolute Gasteiger partial charge is 0.394 e. The van der Waals surface area contributed by atoms with Gasteiger partial charge in [-0.15, -0.1) is 0 Å². The third-order valence-electron chi connectivity index (χ3n) is 5.86. The van der Waals surface area contributed by atoms with Crippen molar-refractivity contribution in [2.24, 2.45) is 10.4 Å². The summed E-state index contributed by atoms with van der Waals surface area (Å²) in [6.07, 6.45) is 0.209. The van der Waals surface area contributed by atoms with Crippen molar-refractivity contribution in [2.75, 3.05) is 19.0 Å². The second-order valence-electron chi connectivity index (χ2n) is 7.89. The first-order valence-electron chi connectivity index (χ1n) is 9.64. The van der Waals surface area contributed by atoms with E-state index in [1.165, 1.54) is 17.8 Å². The van der Waals surface area contributed by atoms with Crippen molar-refractivity contribution < 1.29 is 19.0 Å². The van der Waals surface area contributed by atoms with Crippen molar-refractivity contribution >= 4 is 38.8 Å². The second-order valence-corrected chi connectivity index (χ2v) is 9.77. The van der Waals surface area contributed by atoms with E-state index in [2.05, 4.69) is 21.2 Å². The lowest BCUT2D eigenvalue weighted by molar-refractivity contribution is -0.111. The fourth-order valence-electron chi connectivity index (χ4n) is 4.14. The van der Waals surface area contributed by atoms with Crippen LogP contribution in [0.25, 0.3) is 0 Å². The van der Waals surface area contributed by atoms with Crippen LogP contribution in [0.1, 0.15) is 29.3 Å². The summed E-state index contributed by atoms with van der Waals surface area (Å²) in [5.74, 6) is -0.0349. The summed E-state index contributed by atoms with van der Waals surface area (Å²) in [6, 6.07) is 13.7. The van der Waals surface area contributed by atoms with Crippen LogP contribution in [-0.4, -0.2) is 41.3 Å². The average molecular weight is 493 g/mol. The molecule has 0 bridgehead atoms. The molecule has 2 aliphatic heterocycles. The zero-order valence-corrected chi connectivity index (χ0v) is 18.8. The molecule has 2 aromatic rings. The molecule has 5 nitrogen and oxygen atoms in total. The number of rotatable bonds is 3. The van der Waals surface area contributed by atoms with E-state index in [9.17, 15) is 9.90 Å². The van der Waals surface area contributed by atoms with Gasteiger partial charge in [0.1, 0.15) is 11.4 Å². The summed E-state index contributed by atoms with van der Waals surface area (Å²) in [4.78, 5) is 17.6. The maximum atomic E-state index is 15.0. The normalized spacial score (nSPS) is 28.4. The van der Waals surface area contributed by atoms with Crippen molar-refractivity contribution in [1.82, 2.24) is 5.32 Å². The first-order chi connectivity index (χ1) is 14.4. The number of nitrogens with one attached hydrogen (secondary N) is 1. The van der Waals surface area contributed by atoms with E-state index < -0.39 is 11.0 Å². The van der Waals surface area contributed by atoms with Gasteiger partial charge in [-0.05, 0) is 36.8 Å². The van der Waals surface area contributed by atoms with E-state index in [-0.39, 0.29) is 31.0 Å². The maximum absolute atomic E-state index is 15.0. The minimum absolute atomic E-state index is 0.0986. The number of hydrogen-bond donors (Lipinski definition) is 2. The SMILES string of the molecule is C[C@]12CSC(NC(=O)c3ccccc3)=N[C@@]1(c1cc(Br)ccc1F)CO[C@@H](CO)C2. The summed E-state index contributed by atoms with van der Waals surface area (Å²) in [7, 11) is 0. The van der Waals surface area contributed by atoms with Crippen molar-refractivity contribution in [1.29, 1.82) is 0 Å². The number of amidine groups is 1. The Morgan fingerprint density at radius 1 is 1.37 bits per heavy atom. The van der Waals surface area contributed by atoms with Crippen LogP contribution in [0, 0.1) is 11.2 Å². The summed E-state index contributed by atoms with van der Waals surface area (Å²) in [5, 5.41) is 13.0. The number of amides is 1. The highest BCUT2D eigenvalue weighted by Gasteiger charge is 2.57. The molecule has 0 spiro atoms. The van der Waals surface area contributed by atoms with E-state index in [0.717, 1.165) is 4.47 Å². The fraction of sp³-hybridized carbons (Fsp3) is 0.364. The number of ether oxygens (including phenoxy) is 1. The molecule has 4 rings (SSSR count). The van der Waals surface area contributed by atoms with Gasteiger partial charge >= 0.3 is 0 Å². The van der Waals surface area contributed by atoms with Gasteiger partial charge in [0.05, 0.1) is 19.3 Å². The Morgan fingerprint density at radius 3 is 2.87 bits per heavy atom. The van der Waals surface area contributed by atoms with Crippen molar-refractivity contribution in [3.05, 3.63) is 69.9 Å². The Bertz CT molecular complexity index is 990. The molecule has 2 aromatic carbocycles. The van der Waals surface area contributed by atoms with Crippen molar-refractivity contribution in [3.8, 4) is 0 Å². The van der Waals surface area contributed by atoms with Gasteiger partial charge < -0.3 is 15.2 Å². The smallest absolute Gasteiger partial charge is 0.257 e.